The van der Waals surface area contributed by atoms with Gasteiger partial charge in [-0.05, 0) is 38.5 Å². The molecule has 0 saturated heterocycles. The van der Waals surface area contributed by atoms with E-state index in [9.17, 15) is 29.3 Å². The van der Waals surface area contributed by atoms with Gasteiger partial charge < -0.3 is 24.6 Å². The van der Waals surface area contributed by atoms with Crippen molar-refractivity contribution in [3.63, 3.8) is 0 Å². The second-order valence-electron chi connectivity index (χ2n) is 11.1. The summed E-state index contributed by atoms with van der Waals surface area (Å²) in [5, 5.41) is 19.0. The van der Waals surface area contributed by atoms with E-state index in [0.717, 1.165) is 64.2 Å². The number of allylic oxidation sites excluding steroid dienone is 4. The van der Waals surface area contributed by atoms with E-state index in [-0.39, 0.29) is 12.8 Å². The van der Waals surface area contributed by atoms with Gasteiger partial charge in [-0.2, -0.15) is 0 Å². The second kappa shape index (κ2) is 30.1. The lowest BCUT2D eigenvalue weighted by Crippen LogP contribution is -2.28. The highest BCUT2D eigenvalue weighted by molar-refractivity contribution is 7.47. The Morgan fingerprint density at radius 3 is 1.50 bits per heavy atom. The van der Waals surface area contributed by atoms with Crippen LogP contribution < -0.4 is 0 Å². The minimum Gasteiger partial charge on any atom is -0.457 e. The zero-order valence-corrected chi connectivity index (χ0v) is 28.3. The highest BCUT2D eigenvalue weighted by Gasteiger charge is 2.27. The fraction of sp³-hybridized carbons (Fsp3) is 0.818. The number of phosphoric acid groups is 1. The van der Waals surface area contributed by atoms with Crippen LogP contribution in [0.15, 0.2) is 24.3 Å². The number of ether oxygens (including phenoxy) is 2. The molecule has 0 aliphatic heterocycles. The third-order valence-electron chi connectivity index (χ3n) is 6.90. The number of rotatable bonds is 31. The average Bonchev–Trinajstić information content (AvgIpc) is 3.01. The number of carbonyl (C=O) groups is 2. The van der Waals surface area contributed by atoms with Crippen LogP contribution in [-0.4, -0.2) is 65.7 Å². The quantitative estimate of drug-likeness (QED) is 0.0299. The molecule has 0 saturated carbocycles. The van der Waals surface area contributed by atoms with Crippen molar-refractivity contribution in [2.45, 2.75) is 148 Å². The summed E-state index contributed by atoms with van der Waals surface area (Å²) in [4.78, 5) is 34.1. The molecule has 3 unspecified atom stereocenters. The number of hydrogen-bond acceptors (Lipinski definition) is 9. The maximum absolute atomic E-state index is 12.2. The second-order valence-corrected chi connectivity index (χ2v) is 12.6. The monoisotopic (exact) mass is 648 g/mol. The third kappa shape index (κ3) is 28.0. The minimum atomic E-state index is -4.62. The fourth-order valence-corrected chi connectivity index (χ4v) is 5.05. The zero-order chi connectivity index (χ0) is 32.7. The van der Waals surface area contributed by atoms with Gasteiger partial charge in [0, 0.05) is 12.8 Å². The number of hydrogen-bond donors (Lipinski definition) is 3. The molecule has 258 valence electrons. The van der Waals surface area contributed by atoms with Gasteiger partial charge in [0.1, 0.15) is 12.2 Å². The van der Waals surface area contributed by atoms with E-state index >= 15 is 0 Å². The first-order valence-electron chi connectivity index (χ1n) is 16.8. The van der Waals surface area contributed by atoms with Crippen molar-refractivity contribution in [3.05, 3.63) is 24.3 Å². The maximum Gasteiger partial charge on any atom is 0.472 e. The minimum absolute atomic E-state index is 0.177. The summed E-state index contributed by atoms with van der Waals surface area (Å²) in [7, 11) is -4.62. The predicted octanol–water partition coefficient (Wildman–Crippen LogP) is 7.49. The first-order chi connectivity index (χ1) is 21.3. The molecule has 44 heavy (non-hydrogen) atoms. The van der Waals surface area contributed by atoms with Gasteiger partial charge in [0.05, 0.1) is 26.4 Å². The zero-order valence-electron chi connectivity index (χ0n) is 27.4. The van der Waals surface area contributed by atoms with E-state index in [1.54, 1.807) is 0 Å². The van der Waals surface area contributed by atoms with Crippen molar-refractivity contribution in [1.29, 1.82) is 0 Å². The Hall–Kier alpha value is -1.55. The molecular formula is C33H61O10P. The van der Waals surface area contributed by atoms with Crippen LogP contribution in [0.25, 0.3) is 0 Å². The molecule has 10 nitrogen and oxygen atoms in total. The van der Waals surface area contributed by atoms with Gasteiger partial charge in [-0.3, -0.25) is 18.6 Å². The molecule has 0 aromatic heterocycles. The summed E-state index contributed by atoms with van der Waals surface area (Å²) in [6, 6.07) is 0. The van der Waals surface area contributed by atoms with Gasteiger partial charge in [0.15, 0.2) is 0 Å². The largest absolute Gasteiger partial charge is 0.472 e. The van der Waals surface area contributed by atoms with Crippen LogP contribution in [0.1, 0.15) is 136 Å². The lowest BCUT2D eigenvalue weighted by atomic mass is 10.1. The Labute approximate surface area is 266 Å². The molecule has 0 fully saturated rings. The molecule has 0 aromatic rings. The number of esters is 2. The normalized spacial score (nSPS) is 14.6. The first-order valence-corrected chi connectivity index (χ1v) is 18.3. The van der Waals surface area contributed by atoms with Crippen LogP contribution in [0.4, 0.5) is 0 Å². The topological polar surface area (TPSA) is 149 Å². The predicted molar refractivity (Wildman–Crippen MR) is 173 cm³/mol. The highest BCUT2D eigenvalue weighted by atomic mass is 31.2. The molecule has 0 aliphatic carbocycles. The third-order valence-corrected chi connectivity index (χ3v) is 7.85. The Bertz CT molecular complexity index is 801. The van der Waals surface area contributed by atoms with E-state index in [4.69, 9.17) is 18.5 Å². The standard InChI is InChI=1S/C33H61O10P/c1-3-5-7-9-11-13-14-15-16-17-19-21-23-25-33(37)43-31(27-35)29-41-44(38,39)40-28-30(26-34)42-32(36)24-22-20-18-12-10-8-6-4-2/h7,9,13-14,30-31,34-35H,3-6,8,10-12,15-29H2,1-2H3,(H,38,39)/b9-7-,14-13-. The maximum atomic E-state index is 12.2. The molecule has 3 atom stereocenters. The van der Waals surface area contributed by atoms with Crippen molar-refractivity contribution in [2.24, 2.45) is 0 Å². The van der Waals surface area contributed by atoms with E-state index in [1.165, 1.54) is 32.1 Å². The number of carbonyl (C=O) groups excluding carboxylic acids is 2. The Balaban J connectivity index is 4.06. The molecular weight excluding hydrogens is 587 g/mol. The summed E-state index contributed by atoms with van der Waals surface area (Å²) in [5.41, 5.74) is 0. The molecule has 0 aliphatic rings. The van der Waals surface area contributed by atoms with Crippen LogP contribution in [0.3, 0.4) is 0 Å². The van der Waals surface area contributed by atoms with Gasteiger partial charge in [0.25, 0.3) is 0 Å². The van der Waals surface area contributed by atoms with Gasteiger partial charge >= 0.3 is 19.8 Å². The Morgan fingerprint density at radius 2 is 1.05 bits per heavy atom. The van der Waals surface area contributed by atoms with Gasteiger partial charge in [-0.1, -0.05) is 109 Å². The van der Waals surface area contributed by atoms with Crippen molar-refractivity contribution in [3.8, 4) is 0 Å². The van der Waals surface area contributed by atoms with E-state index < -0.39 is 58.4 Å². The molecule has 0 amide bonds. The van der Waals surface area contributed by atoms with Crippen LogP contribution in [0, 0.1) is 0 Å². The van der Waals surface area contributed by atoms with E-state index in [2.05, 4.69) is 38.2 Å². The molecule has 0 radical (unpaired) electrons. The van der Waals surface area contributed by atoms with Crippen molar-refractivity contribution < 1.29 is 47.8 Å². The average molecular weight is 649 g/mol. The molecule has 11 heteroatoms. The Kier molecular flexibility index (Phi) is 29.1. The molecule has 0 rings (SSSR count). The summed E-state index contributed by atoms with van der Waals surface area (Å²) >= 11 is 0. The molecule has 0 bridgehead atoms. The number of phosphoric ester groups is 1. The van der Waals surface area contributed by atoms with Crippen molar-refractivity contribution >= 4 is 19.8 Å². The summed E-state index contributed by atoms with van der Waals surface area (Å²) in [5.74, 6) is -1.04. The smallest absolute Gasteiger partial charge is 0.457 e. The van der Waals surface area contributed by atoms with E-state index in [1.807, 2.05) is 0 Å². The summed E-state index contributed by atoms with van der Waals surface area (Å²) < 4.78 is 32.2. The number of aliphatic hydroxyl groups is 2. The van der Waals surface area contributed by atoms with Gasteiger partial charge in [0.2, 0.25) is 0 Å². The molecule has 0 aromatic carbocycles. The van der Waals surface area contributed by atoms with Crippen LogP contribution in [0.5, 0.6) is 0 Å². The van der Waals surface area contributed by atoms with Crippen LogP contribution in [-0.2, 0) is 32.7 Å². The van der Waals surface area contributed by atoms with Crippen LogP contribution >= 0.6 is 7.82 Å². The molecule has 0 spiro atoms. The first kappa shape index (κ1) is 42.5. The lowest BCUT2D eigenvalue weighted by Gasteiger charge is -2.20. The number of unbranched alkanes of at least 4 members (excludes halogenated alkanes) is 13. The van der Waals surface area contributed by atoms with E-state index in [0.29, 0.717) is 12.8 Å². The lowest BCUT2D eigenvalue weighted by molar-refractivity contribution is -0.153. The Morgan fingerprint density at radius 1 is 0.614 bits per heavy atom. The fourth-order valence-electron chi connectivity index (χ4n) is 4.27. The molecule has 3 N–H and O–H groups in total. The highest BCUT2D eigenvalue weighted by Crippen LogP contribution is 2.43. The van der Waals surface area contributed by atoms with Crippen molar-refractivity contribution in [2.75, 3.05) is 26.4 Å². The molecule has 0 heterocycles. The van der Waals surface area contributed by atoms with Crippen molar-refractivity contribution in [1.82, 2.24) is 0 Å². The summed E-state index contributed by atoms with van der Waals surface area (Å²) in [6.45, 7) is 2.05. The SMILES string of the molecule is CCC/C=C\C/C=C\CCCCCCCC(=O)OC(CO)COP(=O)(O)OCC(CO)OC(=O)CCCCCCCCCC. The van der Waals surface area contributed by atoms with Gasteiger partial charge in [-0.25, -0.2) is 4.57 Å². The van der Waals surface area contributed by atoms with Gasteiger partial charge in [-0.15, -0.1) is 0 Å². The summed E-state index contributed by atoms with van der Waals surface area (Å²) in [6.07, 6.45) is 24.6. The number of aliphatic hydroxyl groups excluding tert-OH is 2. The van der Waals surface area contributed by atoms with Crippen LogP contribution in [0.2, 0.25) is 0 Å².